The normalized spacial score (nSPS) is 30.5. The largest absolute Gasteiger partial charge is 0.340 e. The van der Waals surface area contributed by atoms with Crippen LogP contribution in [-0.4, -0.2) is 28.3 Å². The van der Waals surface area contributed by atoms with Crippen molar-refractivity contribution in [3.63, 3.8) is 0 Å². The van der Waals surface area contributed by atoms with Crippen LogP contribution in [0.15, 0.2) is 30.3 Å². The van der Waals surface area contributed by atoms with Crippen LogP contribution >= 0.6 is 0 Å². The van der Waals surface area contributed by atoms with Crippen molar-refractivity contribution in [3.05, 3.63) is 35.9 Å². The fourth-order valence-corrected chi connectivity index (χ4v) is 2.85. The van der Waals surface area contributed by atoms with E-state index in [0.29, 0.717) is 6.54 Å². The molecule has 0 aromatic heterocycles. The van der Waals surface area contributed by atoms with E-state index in [0.717, 1.165) is 18.4 Å². The zero-order chi connectivity index (χ0) is 12.8. The van der Waals surface area contributed by atoms with Gasteiger partial charge in [0.15, 0.2) is 0 Å². The molecular formula is C14H16N2O2. The number of amides is 2. The number of hydrogen-bond donors (Lipinski definition) is 1. The highest BCUT2D eigenvalue weighted by Crippen LogP contribution is 2.33. The molecule has 0 aliphatic carbocycles. The highest BCUT2D eigenvalue weighted by molar-refractivity contribution is 6.01. The maximum absolute atomic E-state index is 12.4. The standard InChI is InChI=1S/C14H16N2O2/c1-14-8-7-11(12(17)15-14)16(13(14)18)9-10-5-3-2-4-6-10/h2-6,11H,7-9H2,1H3,(H,15,17)/t11-,14-/m1/s1. The smallest absolute Gasteiger partial charge is 0.249 e. The topological polar surface area (TPSA) is 49.4 Å². The van der Waals surface area contributed by atoms with Gasteiger partial charge in [0.25, 0.3) is 0 Å². The van der Waals surface area contributed by atoms with Crippen LogP contribution in [0.1, 0.15) is 25.3 Å². The van der Waals surface area contributed by atoms with Crippen molar-refractivity contribution in [1.82, 2.24) is 10.2 Å². The Morgan fingerprint density at radius 1 is 1.33 bits per heavy atom. The Bertz CT molecular complexity index is 500. The van der Waals surface area contributed by atoms with Crippen LogP contribution in [0.5, 0.6) is 0 Å². The lowest BCUT2D eigenvalue weighted by molar-refractivity contribution is -0.161. The molecule has 4 heteroatoms. The number of fused-ring (bicyclic) bond motifs is 3. The van der Waals surface area contributed by atoms with Crippen molar-refractivity contribution in [3.8, 4) is 0 Å². The Hall–Kier alpha value is -1.84. The minimum Gasteiger partial charge on any atom is -0.340 e. The first-order valence-corrected chi connectivity index (χ1v) is 6.27. The second-order valence-electron chi connectivity index (χ2n) is 5.29. The molecule has 4 rings (SSSR count). The molecule has 0 saturated carbocycles. The Labute approximate surface area is 106 Å². The second kappa shape index (κ2) is 3.83. The third kappa shape index (κ3) is 1.60. The molecule has 0 unspecified atom stereocenters. The molecule has 1 aromatic rings. The van der Waals surface area contributed by atoms with E-state index in [1.165, 1.54) is 0 Å². The van der Waals surface area contributed by atoms with Gasteiger partial charge in [-0.05, 0) is 25.3 Å². The molecule has 1 aromatic carbocycles. The first kappa shape index (κ1) is 11.3. The Kier molecular flexibility index (Phi) is 2.40. The molecule has 18 heavy (non-hydrogen) atoms. The van der Waals surface area contributed by atoms with Gasteiger partial charge in [0, 0.05) is 6.54 Å². The monoisotopic (exact) mass is 244 g/mol. The third-order valence-electron chi connectivity index (χ3n) is 3.92. The van der Waals surface area contributed by atoms with Gasteiger partial charge in [-0.25, -0.2) is 0 Å². The molecule has 0 spiro atoms. The van der Waals surface area contributed by atoms with Gasteiger partial charge in [0.2, 0.25) is 11.8 Å². The number of nitrogens with one attached hydrogen (secondary N) is 1. The number of rotatable bonds is 2. The molecule has 3 aliphatic heterocycles. The van der Waals surface area contributed by atoms with Crippen molar-refractivity contribution in [2.45, 2.75) is 37.9 Å². The van der Waals surface area contributed by atoms with Gasteiger partial charge in [-0.1, -0.05) is 30.3 Å². The molecule has 1 N–H and O–H groups in total. The van der Waals surface area contributed by atoms with Gasteiger partial charge in [0.05, 0.1) is 0 Å². The van der Waals surface area contributed by atoms with E-state index < -0.39 is 5.54 Å². The maximum Gasteiger partial charge on any atom is 0.249 e. The fraction of sp³-hybridized carbons (Fsp3) is 0.429. The lowest BCUT2D eigenvalue weighted by atomic mass is 9.81. The molecule has 94 valence electrons. The quantitative estimate of drug-likeness (QED) is 0.846. The van der Waals surface area contributed by atoms with Crippen LogP contribution in [0.4, 0.5) is 0 Å². The van der Waals surface area contributed by atoms with Crippen molar-refractivity contribution in [2.24, 2.45) is 0 Å². The lowest BCUT2D eigenvalue weighted by Gasteiger charge is -2.49. The summed E-state index contributed by atoms with van der Waals surface area (Å²) >= 11 is 0. The minimum absolute atomic E-state index is 0.0146. The van der Waals surface area contributed by atoms with Crippen LogP contribution < -0.4 is 5.32 Å². The molecular weight excluding hydrogens is 228 g/mol. The summed E-state index contributed by atoms with van der Waals surface area (Å²) in [6, 6.07) is 9.51. The van der Waals surface area contributed by atoms with Crippen LogP contribution in [0.2, 0.25) is 0 Å². The first-order chi connectivity index (χ1) is 8.60. The number of carbonyl (C=O) groups is 2. The molecule has 2 bridgehead atoms. The van der Waals surface area contributed by atoms with E-state index in [9.17, 15) is 9.59 Å². The summed E-state index contributed by atoms with van der Waals surface area (Å²) in [5.74, 6) is 0.0292. The second-order valence-corrected chi connectivity index (χ2v) is 5.29. The van der Waals surface area contributed by atoms with E-state index in [1.807, 2.05) is 37.3 Å². The minimum atomic E-state index is -0.694. The fourth-order valence-electron chi connectivity index (χ4n) is 2.85. The van der Waals surface area contributed by atoms with Gasteiger partial charge in [-0.2, -0.15) is 0 Å². The van der Waals surface area contributed by atoms with Crippen molar-refractivity contribution in [2.75, 3.05) is 0 Å². The number of benzene rings is 1. The summed E-state index contributed by atoms with van der Waals surface area (Å²) in [6.07, 6.45) is 1.51. The van der Waals surface area contributed by atoms with Crippen molar-refractivity contribution >= 4 is 11.8 Å². The zero-order valence-electron chi connectivity index (χ0n) is 10.3. The van der Waals surface area contributed by atoms with Crippen LogP contribution in [0, 0.1) is 0 Å². The summed E-state index contributed by atoms with van der Waals surface area (Å²) < 4.78 is 0. The third-order valence-corrected chi connectivity index (χ3v) is 3.92. The predicted octanol–water partition coefficient (Wildman–Crippen LogP) is 1.07. The highest BCUT2D eigenvalue weighted by Gasteiger charge is 2.52. The molecule has 3 saturated heterocycles. The number of nitrogens with zero attached hydrogens (tertiary/aromatic N) is 1. The molecule has 3 aliphatic rings. The Morgan fingerprint density at radius 3 is 2.72 bits per heavy atom. The Balaban J connectivity index is 1.88. The molecule has 4 nitrogen and oxygen atoms in total. The summed E-state index contributed by atoms with van der Waals surface area (Å²) in [6.45, 7) is 2.34. The highest BCUT2D eigenvalue weighted by atomic mass is 16.2. The summed E-state index contributed by atoms with van der Waals surface area (Å²) in [5.41, 5.74) is 0.371. The van der Waals surface area contributed by atoms with E-state index in [-0.39, 0.29) is 17.9 Å². The van der Waals surface area contributed by atoms with Crippen LogP contribution in [0.3, 0.4) is 0 Å². The average molecular weight is 244 g/mol. The maximum atomic E-state index is 12.4. The Morgan fingerprint density at radius 2 is 2.06 bits per heavy atom. The zero-order valence-corrected chi connectivity index (χ0v) is 10.3. The predicted molar refractivity (Wildman–Crippen MR) is 66.6 cm³/mol. The molecule has 2 amide bonds. The lowest BCUT2D eigenvalue weighted by Crippen LogP contribution is -2.72. The molecule has 0 radical (unpaired) electrons. The summed E-state index contributed by atoms with van der Waals surface area (Å²) in [5, 5.41) is 2.83. The first-order valence-electron chi connectivity index (χ1n) is 6.27. The van der Waals surface area contributed by atoms with Gasteiger partial charge < -0.3 is 10.2 Å². The van der Waals surface area contributed by atoms with E-state index in [4.69, 9.17) is 0 Å². The SMILES string of the molecule is C[C@]12CC[C@H](C(=O)N1)N(Cc1ccccc1)C2=O. The van der Waals surface area contributed by atoms with Crippen molar-refractivity contribution in [1.29, 1.82) is 0 Å². The number of piperazine rings is 1. The number of piperidine rings is 2. The average Bonchev–Trinajstić information content (AvgIpc) is 2.36. The van der Waals surface area contributed by atoms with Gasteiger partial charge in [0.1, 0.15) is 11.6 Å². The van der Waals surface area contributed by atoms with Gasteiger partial charge in [-0.15, -0.1) is 0 Å². The number of hydrogen-bond acceptors (Lipinski definition) is 2. The van der Waals surface area contributed by atoms with E-state index in [1.54, 1.807) is 4.90 Å². The van der Waals surface area contributed by atoms with Crippen LogP contribution in [-0.2, 0) is 16.1 Å². The van der Waals surface area contributed by atoms with E-state index >= 15 is 0 Å². The number of carbonyl (C=O) groups excluding carboxylic acids is 2. The van der Waals surface area contributed by atoms with Gasteiger partial charge in [-0.3, -0.25) is 9.59 Å². The van der Waals surface area contributed by atoms with Gasteiger partial charge >= 0.3 is 0 Å². The summed E-state index contributed by atoms with van der Waals surface area (Å²) in [4.78, 5) is 26.0. The molecule has 3 fully saturated rings. The van der Waals surface area contributed by atoms with Crippen LogP contribution in [0.25, 0.3) is 0 Å². The molecule has 2 atom stereocenters. The van der Waals surface area contributed by atoms with E-state index in [2.05, 4.69) is 5.32 Å². The molecule has 3 heterocycles. The summed E-state index contributed by atoms with van der Waals surface area (Å²) in [7, 11) is 0. The van der Waals surface area contributed by atoms with Crippen molar-refractivity contribution < 1.29 is 9.59 Å².